The van der Waals surface area contributed by atoms with Gasteiger partial charge in [0, 0.05) is 6.04 Å². The first kappa shape index (κ1) is 14.5. The van der Waals surface area contributed by atoms with Crippen molar-refractivity contribution in [1.29, 1.82) is 0 Å². The second-order valence-corrected chi connectivity index (χ2v) is 4.79. The Labute approximate surface area is 105 Å². The van der Waals surface area contributed by atoms with Crippen molar-refractivity contribution in [2.24, 2.45) is 0 Å². The summed E-state index contributed by atoms with van der Waals surface area (Å²) in [5.41, 5.74) is 0. The van der Waals surface area contributed by atoms with Crippen molar-refractivity contribution >= 4 is 5.97 Å². The summed E-state index contributed by atoms with van der Waals surface area (Å²) in [5.74, 6) is -0.106. The van der Waals surface area contributed by atoms with E-state index in [1.165, 1.54) is 13.0 Å². The molecule has 0 aromatic heterocycles. The standard InChI is InChI=1S/C13H26N2O2/c1-4-8-15-9-6-12(7-10-15)14(3)11-13(16)17-5-2/h12H,4-11H2,1-3H3. The Hall–Kier alpha value is -0.610. The molecule has 0 aromatic carbocycles. The van der Waals surface area contributed by atoms with Gasteiger partial charge in [0.1, 0.15) is 0 Å². The number of ether oxygens (including phenoxy) is 1. The van der Waals surface area contributed by atoms with E-state index in [4.69, 9.17) is 4.74 Å². The normalized spacial score (nSPS) is 18.6. The van der Waals surface area contributed by atoms with E-state index in [0.717, 1.165) is 25.9 Å². The number of carbonyl (C=O) groups is 1. The second kappa shape index (κ2) is 7.67. The largest absolute Gasteiger partial charge is 0.465 e. The molecule has 0 atom stereocenters. The number of hydrogen-bond donors (Lipinski definition) is 0. The molecule has 0 aromatic rings. The van der Waals surface area contributed by atoms with Crippen LogP contribution in [0.4, 0.5) is 0 Å². The van der Waals surface area contributed by atoms with E-state index in [-0.39, 0.29) is 5.97 Å². The van der Waals surface area contributed by atoms with E-state index >= 15 is 0 Å². The average Bonchev–Trinajstić information content (AvgIpc) is 2.30. The van der Waals surface area contributed by atoms with Gasteiger partial charge in [0.15, 0.2) is 0 Å². The molecular formula is C13H26N2O2. The molecule has 0 spiro atoms. The maximum absolute atomic E-state index is 11.4. The molecule has 1 heterocycles. The minimum atomic E-state index is -0.106. The van der Waals surface area contributed by atoms with E-state index in [1.54, 1.807) is 0 Å². The van der Waals surface area contributed by atoms with Crippen LogP contribution >= 0.6 is 0 Å². The molecule has 0 N–H and O–H groups in total. The minimum absolute atomic E-state index is 0.106. The highest BCUT2D eigenvalue weighted by Gasteiger charge is 2.23. The van der Waals surface area contributed by atoms with E-state index in [9.17, 15) is 4.79 Å². The highest BCUT2D eigenvalue weighted by molar-refractivity contribution is 5.71. The Morgan fingerprint density at radius 1 is 1.35 bits per heavy atom. The molecule has 0 unspecified atom stereocenters. The number of rotatable bonds is 6. The lowest BCUT2D eigenvalue weighted by atomic mass is 10.0. The lowest BCUT2D eigenvalue weighted by Gasteiger charge is -2.36. The summed E-state index contributed by atoms with van der Waals surface area (Å²) in [6, 6.07) is 0.535. The highest BCUT2D eigenvalue weighted by atomic mass is 16.5. The molecular weight excluding hydrogens is 216 g/mol. The second-order valence-electron chi connectivity index (χ2n) is 4.79. The van der Waals surface area contributed by atoms with Gasteiger partial charge in [-0.2, -0.15) is 0 Å². The van der Waals surface area contributed by atoms with Gasteiger partial charge in [-0.1, -0.05) is 6.92 Å². The Kier molecular flexibility index (Phi) is 6.52. The number of likely N-dealkylation sites (N-methyl/N-ethyl adjacent to an activating group) is 1. The van der Waals surface area contributed by atoms with Crippen molar-refractivity contribution in [3.8, 4) is 0 Å². The van der Waals surface area contributed by atoms with Gasteiger partial charge in [0.05, 0.1) is 13.2 Å². The van der Waals surface area contributed by atoms with Crippen LogP contribution in [-0.4, -0.2) is 61.6 Å². The third kappa shape index (κ3) is 5.04. The molecule has 0 radical (unpaired) electrons. The van der Waals surface area contributed by atoms with Crippen molar-refractivity contribution in [3.05, 3.63) is 0 Å². The molecule has 100 valence electrons. The first-order valence-corrected chi connectivity index (χ1v) is 6.75. The number of hydrogen-bond acceptors (Lipinski definition) is 4. The molecule has 0 bridgehead atoms. The molecule has 0 aliphatic carbocycles. The van der Waals surface area contributed by atoms with Crippen LogP contribution in [-0.2, 0) is 9.53 Å². The SMILES string of the molecule is CCCN1CCC(N(C)CC(=O)OCC)CC1. The summed E-state index contributed by atoms with van der Waals surface area (Å²) in [7, 11) is 2.02. The Morgan fingerprint density at radius 3 is 2.53 bits per heavy atom. The van der Waals surface area contributed by atoms with Gasteiger partial charge < -0.3 is 9.64 Å². The zero-order valence-electron chi connectivity index (χ0n) is 11.4. The topological polar surface area (TPSA) is 32.8 Å². The van der Waals surface area contributed by atoms with Crippen molar-refractivity contribution < 1.29 is 9.53 Å². The van der Waals surface area contributed by atoms with Gasteiger partial charge in [-0.3, -0.25) is 9.69 Å². The van der Waals surface area contributed by atoms with Crippen LogP contribution in [0.15, 0.2) is 0 Å². The molecule has 1 aliphatic rings. The van der Waals surface area contributed by atoms with E-state index in [2.05, 4.69) is 16.7 Å². The average molecular weight is 242 g/mol. The molecule has 0 amide bonds. The van der Waals surface area contributed by atoms with Gasteiger partial charge in [-0.05, 0) is 52.9 Å². The predicted molar refractivity (Wildman–Crippen MR) is 69.0 cm³/mol. The highest BCUT2D eigenvalue weighted by Crippen LogP contribution is 2.15. The summed E-state index contributed by atoms with van der Waals surface area (Å²) in [6.07, 6.45) is 3.55. The third-order valence-corrected chi connectivity index (χ3v) is 3.40. The van der Waals surface area contributed by atoms with Crippen LogP contribution in [0.2, 0.25) is 0 Å². The molecule has 1 rings (SSSR count). The van der Waals surface area contributed by atoms with Crippen molar-refractivity contribution in [1.82, 2.24) is 9.80 Å². The zero-order chi connectivity index (χ0) is 12.7. The fourth-order valence-corrected chi connectivity index (χ4v) is 2.44. The Balaban J connectivity index is 2.25. The van der Waals surface area contributed by atoms with Crippen LogP contribution < -0.4 is 0 Å². The summed E-state index contributed by atoms with van der Waals surface area (Å²) in [5, 5.41) is 0. The molecule has 1 saturated heterocycles. The lowest BCUT2D eigenvalue weighted by Crippen LogP contribution is -2.45. The van der Waals surface area contributed by atoms with Crippen molar-refractivity contribution in [3.63, 3.8) is 0 Å². The van der Waals surface area contributed by atoms with Crippen LogP contribution in [0.25, 0.3) is 0 Å². The first-order valence-electron chi connectivity index (χ1n) is 6.75. The van der Waals surface area contributed by atoms with Crippen LogP contribution in [0.5, 0.6) is 0 Å². The summed E-state index contributed by atoms with van der Waals surface area (Å²) in [6.45, 7) is 8.49. The maximum atomic E-state index is 11.4. The smallest absolute Gasteiger partial charge is 0.320 e. The summed E-state index contributed by atoms with van der Waals surface area (Å²) in [4.78, 5) is 16.0. The fourth-order valence-electron chi connectivity index (χ4n) is 2.44. The van der Waals surface area contributed by atoms with Crippen LogP contribution in [0.3, 0.4) is 0 Å². The lowest BCUT2D eigenvalue weighted by molar-refractivity contribution is -0.144. The van der Waals surface area contributed by atoms with E-state index in [0.29, 0.717) is 19.2 Å². The monoisotopic (exact) mass is 242 g/mol. The molecule has 1 fully saturated rings. The van der Waals surface area contributed by atoms with E-state index < -0.39 is 0 Å². The Morgan fingerprint density at radius 2 is 2.00 bits per heavy atom. The molecule has 4 heteroatoms. The van der Waals surface area contributed by atoms with Crippen LogP contribution in [0.1, 0.15) is 33.1 Å². The molecule has 0 saturated carbocycles. The van der Waals surface area contributed by atoms with E-state index in [1.807, 2.05) is 14.0 Å². The zero-order valence-corrected chi connectivity index (χ0v) is 11.4. The first-order chi connectivity index (χ1) is 8.17. The number of esters is 1. The van der Waals surface area contributed by atoms with Gasteiger partial charge >= 0.3 is 5.97 Å². The van der Waals surface area contributed by atoms with Gasteiger partial charge in [0.2, 0.25) is 0 Å². The van der Waals surface area contributed by atoms with Gasteiger partial charge in [0.25, 0.3) is 0 Å². The van der Waals surface area contributed by atoms with Gasteiger partial charge in [-0.25, -0.2) is 0 Å². The van der Waals surface area contributed by atoms with Crippen molar-refractivity contribution in [2.45, 2.75) is 39.2 Å². The minimum Gasteiger partial charge on any atom is -0.465 e. The maximum Gasteiger partial charge on any atom is 0.320 e. The third-order valence-electron chi connectivity index (χ3n) is 3.40. The molecule has 4 nitrogen and oxygen atoms in total. The number of likely N-dealkylation sites (tertiary alicyclic amines) is 1. The summed E-state index contributed by atoms with van der Waals surface area (Å²) >= 11 is 0. The molecule has 17 heavy (non-hydrogen) atoms. The van der Waals surface area contributed by atoms with Crippen LogP contribution in [0, 0.1) is 0 Å². The summed E-state index contributed by atoms with van der Waals surface area (Å²) < 4.78 is 4.97. The number of nitrogens with zero attached hydrogens (tertiary/aromatic N) is 2. The Bertz CT molecular complexity index is 225. The molecule has 1 aliphatic heterocycles. The van der Waals surface area contributed by atoms with Crippen molar-refractivity contribution in [2.75, 3.05) is 39.8 Å². The number of carbonyl (C=O) groups excluding carboxylic acids is 1. The number of piperidine rings is 1. The fraction of sp³-hybridized carbons (Fsp3) is 0.923. The predicted octanol–water partition coefficient (Wildman–Crippen LogP) is 1.36. The van der Waals surface area contributed by atoms with Gasteiger partial charge in [-0.15, -0.1) is 0 Å². The quantitative estimate of drug-likeness (QED) is 0.658.